The number of halogens is 2. The van der Waals surface area contributed by atoms with Crippen molar-refractivity contribution in [1.82, 2.24) is 0 Å². The SMILES string of the molecule is O=C(Nc1ccc(Cl)c([N+](=O)[O-])c1)C1CC(=O)N(c2ccc(F)c([N+](=O)[O-])c2)C1. The van der Waals surface area contributed by atoms with Crippen molar-refractivity contribution in [3.05, 3.63) is 67.5 Å². The van der Waals surface area contributed by atoms with Crippen molar-refractivity contribution < 1.29 is 23.8 Å². The molecule has 2 amide bonds. The van der Waals surface area contributed by atoms with Gasteiger partial charge < -0.3 is 10.2 Å². The van der Waals surface area contributed by atoms with Gasteiger partial charge in [-0.3, -0.25) is 29.8 Å². The quantitative estimate of drug-likeness (QED) is 0.580. The average molecular weight is 423 g/mol. The van der Waals surface area contributed by atoms with Crippen LogP contribution in [0, 0.1) is 32.0 Å². The second kappa shape index (κ2) is 7.80. The molecule has 2 aromatic rings. The summed E-state index contributed by atoms with van der Waals surface area (Å²) in [5.74, 6) is -2.87. The van der Waals surface area contributed by atoms with Crippen LogP contribution in [-0.4, -0.2) is 28.2 Å². The van der Waals surface area contributed by atoms with Crippen molar-refractivity contribution in [3.8, 4) is 0 Å². The fraction of sp³-hybridized carbons (Fsp3) is 0.176. The van der Waals surface area contributed by atoms with Crippen molar-refractivity contribution >= 4 is 46.2 Å². The van der Waals surface area contributed by atoms with Crippen molar-refractivity contribution in [2.75, 3.05) is 16.8 Å². The zero-order valence-electron chi connectivity index (χ0n) is 14.5. The van der Waals surface area contributed by atoms with Gasteiger partial charge in [0.25, 0.3) is 5.69 Å². The first-order chi connectivity index (χ1) is 13.7. The van der Waals surface area contributed by atoms with Gasteiger partial charge in [0, 0.05) is 30.8 Å². The summed E-state index contributed by atoms with van der Waals surface area (Å²) in [6, 6.07) is 6.75. The molecule has 1 unspecified atom stereocenters. The molecule has 2 aromatic carbocycles. The van der Waals surface area contributed by atoms with Gasteiger partial charge in [-0.2, -0.15) is 4.39 Å². The zero-order chi connectivity index (χ0) is 21.3. The Morgan fingerprint density at radius 1 is 1.14 bits per heavy atom. The van der Waals surface area contributed by atoms with E-state index in [1.54, 1.807) is 0 Å². The summed E-state index contributed by atoms with van der Waals surface area (Å²) in [5, 5.41) is 24.2. The number of rotatable bonds is 5. The minimum absolute atomic E-state index is 0.0802. The molecule has 0 radical (unpaired) electrons. The highest BCUT2D eigenvalue weighted by Crippen LogP contribution is 2.31. The van der Waals surface area contributed by atoms with Crippen LogP contribution in [0.2, 0.25) is 5.02 Å². The van der Waals surface area contributed by atoms with Crippen molar-refractivity contribution in [2.24, 2.45) is 5.92 Å². The maximum Gasteiger partial charge on any atom is 0.306 e. The fourth-order valence-electron chi connectivity index (χ4n) is 2.92. The fourth-order valence-corrected chi connectivity index (χ4v) is 3.10. The van der Waals surface area contributed by atoms with Gasteiger partial charge in [-0.05, 0) is 24.3 Å². The van der Waals surface area contributed by atoms with Gasteiger partial charge in [0.1, 0.15) is 5.02 Å². The first kappa shape index (κ1) is 20.1. The highest BCUT2D eigenvalue weighted by molar-refractivity contribution is 6.32. The lowest BCUT2D eigenvalue weighted by Gasteiger charge is -2.16. The lowest BCUT2D eigenvalue weighted by atomic mass is 10.1. The van der Waals surface area contributed by atoms with E-state index in [9.17, 15) is 34.2 Å². The number of nitro groups is 2. The number of nitrogens with one attached hydrogen (secondary N) is 1. The lowest BCUT2D eigenvalue weighted by molar-refractivity contribution is -0.387. The van der Waals surface area contributed by atoms with E-state index in [-0.39, 0.29) is 35.1 Å². The maximum atomic E-state index is 13.5. The molecule has 1 saturated heterocycles. The molecule has 1 fully saturated rings. The second-order valence-electron chi connectivity index (χ2n) is 6.21. The molecular formula is C17H12ClFN4O6. The Balaban J connectivity index is 1.76. The number of nitro benzene ring substituents is 2. The van der Waals surface area contributed by atoms with Gasteiger partial charge in [0.2, 0.25) is 17.6 Å². The Bertz CT molecular complexity index is 1050. The summed E-state index contributed by atoms with van der Waals surface area (Å²) < 4.78 is 13.5. The predicted molar refractivity (Wildman–Crippen MR) is 100 cm³/mol. The minimum Gasteiger partial charge on any atom is -0.326 e. The van der Waals surface area contributed by atoms with Crippen molar-refractivity contribution in [2.45, 2.75) is 6.42 Å². The Morgan fingerprint density at radius 3 is 2.48 bits per heavy atom. The molecule has 3 rings (SSSR count). The number of anilines is 2. The first-order valence-electron chi connectivity index (χ1n) is 8.16. The van der Waals surface area contributed by atoms with Gasteiger partial charge in [-0.1, -0.05) is 11.6 Å². The Labute approximate surface area is 167 Å². The largest absolute Gasteiger partial charge is 0.326 e. The molecule has 150 valence electrons. The third-order valence-corrected chi connectivity index (χ3v) is 4.66. The molecule has 1 aliphatic rings. The molecule has 12 heteroatoms. The van der Waals surface area contributed by atoms with Crippen molar-refractivity contribution in [1.29, 1.82) is 0 Å². The van der Waals surface area contributed by atoms with Crippen molar-refractivity contribution in [3.63, 3.8) is 0 Å². The number of hydrogen-bond acceptors (Lipinski definition) is 6. The number of amides is 2. The van der Waals surface area contributed by atoms with E-state index in [0.717, 1.165) is 23.1 Å². The molecule has 1 aliphatic heterocycles. The van der Waals surface area contributed by atoms with Gasteiger partial charge in [0.05, 0.1) is 21.5 Å². The molecule has 1 N–H and O–H groups in total. The average Bonchev–Trinajstić information content (AvgIpc) is 3.05. The van der Waals surface area contributed by atoms with E-state index >= 15 is 0 Å². The molecule has 1 atom stereocenters. The zero-order valence-corrected chi connectivity index (χ0v) is 15.3. The van der Waals surface area contributed by atoms with E-state index in [0.29, 0.717) is 0 Å². The molecule has 10 nitrogen and oxygen atoms in total. The smallest absolute Gasteiger partial charge is 0.306 e. The van der Waals surface area contributed by atoms with E-state index in [4.69, 9.17) is 11.6 Å². The van der Waals surface area contributed by atoms with Crippen LogP contribution in [0.25, 0.3) is 0 Å². The van der Waals surface area contributed by atoms with Crippen LogP contribution in [-0.2, 0) is 9.59 Å². The highest BCUT2D eigenvalue weighted by Gasteiger charge is 2.36. The van der Waals surface area contributed by atoms with E-state index in [1.807, 2.05) is 0 Å². The molecule has 0 spiro atoms. The normalized spacial score (nSPS) is 16.0. The van der Waals surface area contributed by atoms with E-state index in [2.05, 4.69) is 5.32 Å². The monoisotopic (exact) mass is 422 g/mol. The second-order valence-corrected chi connectivity index (χ2v) is 6.62. The topological polar surface area (TPSA) is 136 Å². The maximum absolute atomic E-state index is 13.5. The third kappa shape index (κ3) is 4.14. The summed E-state index contributed by atoms with van der Waals surface area (Å²) in [4.78, 5) is 46.1. The van der Waals surface area contributed by atoms with E-state index in [1.165, 1.54) is 18.2 Å². The van der Waals surface area contributed by atoms with Crippen LogP contribution in [0.1, 0.15) is 6.42 Å². The number of nitrogens with zero attached hydrogens (tertiary/aromatic N) is 3. The van der Waals surface area contributed by atoms with Gasteiger partial charge >= 0.3 is 5.69 Å². The van der Waals surface area contributed by atoms with E-state index < -0.39 is 39.1 Å². The van der Waals surface area contributed by atoms with Crippen LogP contribution in [0.5, 0.6) is 0 Å². The van der Waals surface area contributed by atoms with Gasteiger partial charge in [-0.15, -0.1) is 0 Å². The summed E-state index contributed by atoms with van der Waals surface area (Å²) in [6.45, 7) is -0.0802. The molecule has 29 heavy (non-hydrogen) atoms. The summed E-state index contributed by atoms with van der Waals surface area (Å²) >= 11 is 5.73. The standard InChI is InChI=1S/C17H12ClFN4O6/c18-12-3-1-10(6-14(12)22(26)27)20-17(25)9-5-16(24)21(8-9)11-2-4-13(19)15(7-11)23(28)29/h1-4,6-7,9H,5,8H2,(H,20,25). The number of hydrogen-bond donors (Lipinski definition) is 1. The first-order valence-corrected chi connectivity index (χ1v) is 8.54. The summed E-state index contributed by atoms with van der Waals surface area (Å²) in [7, 11) is 0. The predicted octanol–water partition coefficient (Wildman–Crippen LogP) is 3.29. The van der Waals surface area contributed by atoms with Crippen LogP contribution in [0.15, 0.2) is 36.4 Å². The molecule has 0 aromatic heterocycles. The van der Waals surface area contributed by atoms with Crippen LogP contribution < -0.4 is 10.2 Å². The number of carbonyl (C=O) groups is 2. The number of carbonyl (C=O) groups excluding carboxylic acids is 2. The van der Waals surface area contributed by atoms with Gasteiger partial charge in [0.15, 0.2) is 0 Å². The minimum atomic E-state index is -1.04. The molecule has 0 aliphatic carbocycles. The lowest BCUT2D eigenvalue weighted by Crippen LogP contribution is -2.28. The highest BCUT2D eigenvalue weighted by atomic mass is 35.5. The van der Waals surface area contributed by atoms with Gasteiger partial charge in [-0.25, -0.2) is 0 Å². The Morgan fingerprint density at radius 2 is 1.83 bits per heavy atom. The third-order valence-electron chi connectivity index (χ3n) is 4.34. The van der Waals surface area contributed by atoms with Crippen LogP contribution >= 0.6 is 11.6 Å². The number of benzene rings is 2. The Kier molecular flexibility index (Phi) is 5.41. The summed E-state index contributed by atoms with van der Waals surface area (Å²) in [6.07, 6.45) is -0.174. The molecule has 1 heterocycles. The van der Waals surface area contributed by atoms with Crippen LogP contribution in [0.3, 0.4) is 0 Å². The van der Waals surface area contributed by atoms with Crippen LogP contribution in [0.4, 0.5) is 27.1 Å². The molecule has 0 bridgehead atoms. The molecular weight excluding hydrogens is 411 g/mol. The Hall–Kier alpha value is -3.60. The summed E-state index contributed by atoms with van der Waals surface area (Å²) in [5.41, 5.74) is -0.932. The molecule has 0 saturated carbocycles.